The Morgan fingerprint density at radius 1 is 1.19 bits per heavy atom. The molecule has 1 aromatic carbocycles. The van der Waals surface area contributed by atoms with E-state index in [4.69, 9.17) is 5.84 Å². The van der Waals surface area contributed by atoms with E-state index in [1.807, 2.05) is 7.05 Å². The van der Waals surface area contributed by atoms with Gasteiger partial charge in [0.2, 0.25) is 0 Å². The first kappa shape index (κ1) is 15.3. The van der Waals surface area contributed by atoms with Gasteiger partial charge in [-0.3, -0.25) is 0 Å². The summed E-state index contributed by atoms with van der Waals surface area (Å²) in [4.78, 5) is 10.8. The maximum atomic E-state index is 5.56. The van der Waals surface area contributed by atoms with Crippen LogP contribution in [-0.4, -0.2) is 17.0 Å². The summed E-state index contributed by atoms with van der Waals surface area (Å²) >= 11 is 0. The molecule has 3 N–H and O–H groups in total. The van der Waals surface area contributed by atoms with Crippen LogP contribution in [-0.2, 0) is 13.0 Å². The number of anilines is 2. The number of nitrogen functional groups attached to an aromatic ring is 1. The quantitative estimate of drug-likeness (QED) is 0.631. The fraction of sp³-hybridized carbons (Fsp3) is 0.375. The van der Waals surface area contributed by atoms with E-state index >= 15 is 0 Å². The predicted molar refractivity (Wildman–Crippen MR) is 87.1 cm³/mol. The van der Waals surface area contributed by atoms with E-state index in [9.17, 15) is 0 Å². The molecule has 0 aliphatic heterocycles. The monoisotopic (exact) mass is 285 g/mol. The van der Waals surface area contributed by atoms with Gasteiger partial charge in [-0.15, -0.1) is 0 Å². The molecule has 0 atom stereocenters. The summed E-state index contributed by atoms with van der Waals surface area (Å²) in [5.41, 5.74) is 6.26. The predicted octanol–water partition coefficient (Wildman–Crippen LogP) is 2.66. The van der Waals surface area contributed by atoms with Crippen molar-refractivity contribution in [2.75, 3.05) is 17.4 Å². The fourth-order valence-electron chi connectivity index (χ4n) is 2.38. The number of aryl methyl sites for hydroxylation is 1. The van der Waals surface area contributed by atoms with Crippen LogP contribution in [0.1, 0.15) is 30.0 Å². The number of nitrogens with two attached hydrogens (primary N) is 1. The first-order chi connectivity index (χ1) is 10.2. The van der Waals surface area contributed by atoms with Crippen molar-refractivity contribution >= 4 is 11.6 Å². The number of benzene rings is 1. The molecule has 0 saturated carbocycles. The summed E-state index contributed by atoms with van der Waals surface area (Å²) in [6.45, 7) is 5.03. The Kier molecular flexibility index (Phi) is 5.11. The second-order valence-electron chi connectivity index (χ2n) is 5.26. The number of nitrogens with one attached hydrogen (secondary N) is 1. The van der Waals surface area contributed by atoms with Crippen molar-refractivity contribution in [3.63, 3.8) is 0 Å². The summed E-state index contributed by atoms with van der Waals surface area (Å²) < 4.78 is 0. The Labute approximate surface area is 126 Å². The zero-order valence-electron chi connectivity index (χ0n) is 12.9. The third-order valence-corrected chi connectivity index (χ3v) is 3.46. The summed E-state index contributed by atoms with van der Waals surface area (Å²) in [5, 5.41) is 0. The molecule has 1 heterocycles. The molecule has 0 spiro atoms. The molecule has 1 aromatic heterocycles. The molecule has 21 heavy (non-hydrogen) atoms. The maximum Gasteiger partial charge on any atom is 0.148 e. The molecule has 0 unspecified atom stereocenters. The van der Waals surface area contributed by atoms with Crippen LogP contribution < -0.4 is 16.2 Å². The number of hydrogen-bond acceptors (Lipinski definition) is 5. The molecule has 0 amide bonds. The molecule has 0 aliphatic rings. The Morgan fingerprint density at radius 3 is 2.52 bits per heavy atom. The summed E-state index contributed by atoms with van der Waals surface area (Å²) in [6.07, 6.45) is 3.47. The maximum absolute atomic E-state index is 5.56. The van der Waals surface area contributed by atoms with Gasteiger partial charge in [0.05, 0.1) is 0 Å². The number of aromatic nitrogens is 2. The molecule has 0 bridgehead atoms. The summed E-state index contributed by atoms with van der Waals surface area (Å²) in [5.74, 6) is 7.20. The Morgan fingerprint density at radius 2 is 1.90 bits per heavy atom. The Hall–Kier alpha value is -2.14. The lowest BCUT2D eigenvalue weighted by atomic mass is 10.1. The van der Waals surface area contributed by atoms with E-state index in [0.29, 0.717) is 5.82 Å². The van der Waals surface area contributed by atoms with E-state index in [2.05, 4.69) is 58.4 Å². The van der Waals surface area contributed by atoms with Gasteiger partial charge in [-0.25, -0.2) is 15.8 Å². The third-order valence-electron chi connectivity index (χ3n) is 3.46. The largest absolute Gasteiger partial charge is 0.355 e. The van der Waals surface area contributed by atoms with Crippen LogP contribution in [0.4, 0.5) is 11.6 Å². The molecule has 0 fully saturated rings. The fourth-order valence-corrected chi connectivity index (χ4v) is 2.38. The van der Waals surface area contributed by atoms with E-state index < -0.39 is 0 Å². The minimum atomic E-state index is 0.706. The number of hydrazine groups is 1. The second-order valence-corrected chi connectivity index (χ2v) is 5.26. The van der Waals surface area contributed by atoms with Gasteiger partial charge in [-0.05, 0) is 18.9 Å². The van der Waals surface area contributed by atoms with Gasteiger partial charge in [0.15, 0.2) is 0 Å². The first-order valence-electron chi connectivity index (χ1n) is 7.22. The second kappa shape index (κ2) is 7.04. The molecule has 112 valence electrons. The van der Waals surface area contributed by atoms with Crippen molar-refractivity contribution in [1.82, 2.24) is 9.97 Å². The zero-order chi connectivity index (χ0) is 15.2. The van der Waals surface area contributed by atoms with Crippen molar-refractivity contribution < 1.29 is 0 Å². The zero-order valence-corrected chi connectivity index (χ0v) is 12.9. The summed E-state index contributed by atoms with van der Waals surface area (Å²) in [6, 6.07) is 8.55. The lowest BCUT2D eigenvalue weighted by Crippen LogP contribution is -2.21. The third kappa shape index (κ3) is 3.70. The van der Waals surface area contributed by atoms with E-state index in [1.165, 1.54) is 11.1 Å². The molecular formula is C16H23N5. The van der Waals surface area contributed by atoms with Gasteiger partial charge in [0.1, 0.15) is 18.0 Å². The average molecular weight is 285 g/mol. The van der Waals surface area contributed by atoms with E-state index in [1.54, 1.807) is 6.33 Å². The van der Waals surface area contributed by atoms with Gasteiger partial charge < -0.3 is 10.3 Å². The van der Waals surface area contributed by atoms with Gasteiger partial charge in [-0.1, -0.05) is 43.2 Å². The van der Waals surface area contributed by atoms with E-state index in [-0.39, 0.29) is 0 Å². The average Bonchev–Trinajstić information content (AvgIpc) is 2.50. The van der Waals surface area contributed by atoms with Crippen LogP contribution in [0, 0.1) is 6.92 Å². The van der Waals surface area contributed by atoms with Crippen molar-refractivity contribution in [3.8, 4) is 0 Å². The van der Waals surface area contributed by atoms with Gasteiger partial charge >= 0.3 is 0 Å². The number of hydrogen-bond donors (Lipinski definition) is 2. The number of nitrogens with zero attached hydrogens (tertiary/aromatic N) is 3. The van der Waals surface area contributed by atoms with Crippen LogP contribution in [0.5, 0.6) is 0 Å². The van der Waals surface area contributed by atoms with Crippen LogP contribution >= 0.6 is 0 Å². The highest BCUT2D eigenvalue weighted by atomic mass is 15.3. The van der Waals surface area contributed by atoms with Crippen molar-refractivity contribution in [2.45, 2.75) is 33.2 Å². The molecule has 5 heteroatoms. The van der Waals surface area contributed by atoms with E-state index in [0.717, 1.165) is 30.8 Å². The minimum absolute atomic E-state index is 0.706. The van der Waals surface area contributed by atoms with Crippen molar-refractivity contribution in [3.05, 3.63) is 47.3 Å². The molecule has 2 aromatic rings. The Balaban J connectivity index is 2.25. The molecule has 2 rings (SSSR count). The van der Waals surface area contributed by atoms with Crippen LogP contribution in [0.3, 0.4) is 0 Å². The molecule has 0 saturated heterocycles. The smallest absolute Gasteiger partial charge is 0.148 e. The Bertz CT molecular complexity index is 580. The standard InChI is InChI=1S/C16H23N5/c1-4-5-14-15(20-17)18-11-19-16(14)21(3)10-13-8-6-12(2)7-9-13/h6-9,11H,4-5,10,17H2,1-3H3,(H,18,19,20). The highest BCUT2D eigenvalue weighted by Crippen LogP contribution is 2.24. The lowest BCUT2D eigenvalue weighted by Gasteiger charge is -2.22. The topological polar surface area (TPSA) is 67.1 Å². The van der Waals surface area contributed by atoms with Gasteiger partial charge in [-0.2, -0.15) is 0 Å². The van der Waals surface area contributed by atoms with Crippen LogP contribution in [0.25, 0.3) is 0 Å². The van der Waals surface area contributed by atoms with Gasteiger partial charge in [0, 0.05) is 19.2 Å². The van der Waals surface area contributed by atoms with Crippen LogP contribution in [0.2, 0.25) is 0 Å². The first-order valence-corrected chi connectivity index (χ1v) is 7.22. The van der Waals surface area contributed by atoms with Gasteiger partial charge in [0.25, 0.3) is 0 Å². The molecule has 0 radical (unpaired) electrons. The van der Waals surface area contributed by atoms with Crippen LogP contribution in [0.15, 0.2) is 30.6 Å². The SMILES string of the molecule is CCCc1c(NN)ncnc1N(C)Cc1ccc(C)cc1. The number of rotatable bonds is 6. The molecule has 0 aliphatic carbocycles. The lowest BCUT2D eigenvalue weighted by molar-refractivity contribution is 0.842. The molecule has 5 nitrogen and oxygen atoms in total. The van der Waals surface area contributed by atoms with Crippen molar-refractivity contribution in [1.29, 1.82) is 0 Å². The highest BCUT2D eigenvalue weighted by molar-refractivity contribution is 5.58. The normalized spacial score (nSPS) is 10.5. The van der Waals surface area contributed by atoms with Crippen molar-refractivity contribution in [2.24, 2.45) is 5.84 Å². The minimum Gasteiger partial charge on any atom is -0.355 e. The highest BCUT2D eigenvalue weighted by Gasteiger charge is 2.14. The summed E-state index contributed by atoms with van der Waals surface area (Å²) in [7, 11) is 2.04. The molecular weight excluding hydrogens is 262 g/mol.